The molecule has 3 fully saturated rings. The predicted molar refractivity (Wildman–Crippen MR) is 104 cm³/mol. The lowest BCUT2D eigenvalue weighted by atomic mass is 9.87. The Balaban J connectivity index is 1.22. The van der Waals surface area contributed by atoms with Crippen molar-refractivity contribution in [2.24, 2.45) is 17.6 Å². The molecule has 7 nitrogen and oxygen atoms in total. The van der Waals surface area contributed by atoms with Crippen molar-refractivity contribution in [1.82, 2.24) is 24.8 Å². The summed E-state index contributed by atoms with van der Waals surface area (Å²) in [5, 5.41) is 8.67. The van der Waals surface area contributed by atoms with Crippen molar-refractivity contribution in [2.45, 2.75) is 70.5 Å². The molecule has 0 unspecified atom stereocenters. The van der Waals surface area contributed by atoms with Crippen molar-refractivity contribution in [2.75, 3.05) is 26.2 Å². The molecule has 1 saturated carbocycles. The zero-order valence-electron chi connectivity index (χ0n) is 16.4. The van der Waals surface area contributed by atoms with Gasteiger partial charge < -0.3 is 10.6 Å². The highest BCUT2D eigenvalue weighted by Crippen LogP contribution is 2.28. The van der Waals surface area contributed by atoms with Gasteiger partial charge in [-0.1, -0.05) is 24.5 Å². The van der Waals surface area contributed by atoms with Crippen LogP contribution < -0.4 is 5.73 Å². The Bertz CT molecular complexity index is 618. The molecule has 2 aliphatic heterocycles. The maximum Gasteiger partial charge on any atom is 0.225 e. The SMILES string of the molecule is N[C@@H]1CCN(Cc2cn(CC3CCN(C(=O)C4CCCCC4)CC3)nn2)C1. The predicted octanol–water partition coefficient (Wildman–Crippen LogP) is 1.63. The smallest absolute Gasteiger partial charge is 0.225 e. The van der Waals surface area contributed by atoms with Crippen LogP contribution in [0.2, 0.25) is 0 Å². The first-order valence-electron chi connectivity index (χ1n) is 10.8. The van der Waals surface area contributed by atoms with Gasteiger partial charge in [0.15, 0.2) is 0 Å². The number of hydrogen-bond donors (Lipinski definition) is 1. The lowest BCUT2D eigenvalue weighted by Gasteiger charge is -2.35. The van der Waals surface area contributed by atoms with E-state index in [1.165, 1.54) is 19.3 Å². The Morgan fingerprint density at radius 2 is 1.85 bits per heavy atom. The van der Waals surface area contributed by atoms with Gasteiger partial charge in [-0.25, -0.2) is 0 Å². The van der Waals surface area contributed by atoms with Gasteiger partial charge in [0, 0.05) is 57.4 Å². The molecule has 2 saturated heterocycles. The first-order valence-corrected chi connectivity index (χ1v) is 10.8. The second-order valence-electron chi connectivity index (χ2n) is 8.82. The number of carbonyl (C=O) groups is 1. The molecule has 0 bridgehead atoms. The van der Waals surface area contributed by atoms with Crippen molar-refractivity contribution >= 4 is 5.91 Å². The fourth-order valence-electron chi connectivity index (χ4n) is 4.94. The molecular weight excluding hydrogens is 340 g/mol. The van der Waals surface area contributed by atoms with E-state index in [-0.39, 0.29) is 0 Å². The van der Waals surface area contributed by atoms with E-state index in [2.05, 4.69) is 26.3 Å². The van der Waals surface area contributed by atoms with Gasteiger partial charge in [-0.2, -0.15) is 0 Å². The quantitative estimate of drug-likeness (QED) is 0.847. The molecule has 1 aliphatic carbocycles. The number of piperidine rings is 1. The number of rotatable bonds is 5. The summed E-state index contributed by atoms with van der Waals surface area (Å²) in [5.41, 5.74) is 7.01. The number of aromatic nitrogens is 3. The minimum atomic E-state index is 0.298. The monoisotopic (exact) mass is 374 g/mol. The number of carbonyl (C=O) groups excluding carboxylic acids is 1. The summed E-state index contributed by atoms with van der Waals surface area (Å²) < 4.78 is 1.99. The summed E-state index contributed by atoms with van der Waals surface area (Å²) in [6.07, 6.45) is 11.3. The van der Waals surface area contributed by atoms with Crippen LogP contribution in [0.1, 0.15) is 57.1 Å². The van der Waals surface area contributed by atoms with E-state index in [4.69, 9.17) is 5.73 Å². The molecule has 4 rings (SSSR count). The third-order valence-electron chi connectivity index (χ3n) is 6.61. The van der Waals surface area contributed by atoms with E-state index in [9.17, 15) is 4.79 Å². The van der Waals surface area contributed by atoms with Crippen LogP contribution >= 0.6 is 0 Å². The average Bonchev–Trinajstić information content (AvgIpc) is 3.31. The van der Waals surface area contributed by atoms with Crippen LogP contribution in [0.4, 0.5) is 0 Å². The van der Waals surface area contributed by atoms with Crippen molar-refractivity contribution in [3.63, 3.8) is 0 Å². The molecule has 3 aliphatic rings. The van der Waals surface area contributed by atoms with Crippen molar-refractivity contribution in [1.29, 1.82) is 0 Å². The summed E-state index contributed by atoms with van der Waals surface area (Å²) in [4.78, 5) is 17.2. The van der Waals surface area contributed by atoms with Gasteiger partial charge in [-0.3, -0.25) is 14.4 Å². The number of nitrogens with zero attached hydrogens (tertiary/aromatic N) is 5. The summed E-state index contributed by atoms with van der Waals surface area (Å²) in [5.74, 6) is 1.31. The topological polar surface area (TPSA) is 80.3 Å². The van der Waals surface area contributed by atoms with Gasteiger partial charge in [-0.05, 0) is 38.0 Å². The van der Waals surface area contributed by atoms with Gasteiger partial charge in [0.05, 0.1) is 5.69 Å². The zero-order chi connectivity index (χ0) is 18.6. The van der Waals surface area contributed by atoms with Crippen molar-refractivity contribution in [3.8, 4) is 0 Å². The van der Waals surface area contributed by atoms with Crippen LogP contribution in [-0.2, 0) is 17.9 Å². The molecular formula is C20H34N6O. The highest BCUT2D eigenvalue weighted by Gasteiger charge is 2.29. The number of likely N-dealkylation sites (tertiary alicyclic amines) is 2. The Hall–Kier alpha value is -1.47. The first kappa shape index (κ1) is 18.9. The van der Waals surface area contributed by atoms with Gasteiger partial charge >= 0.3 is 0 Å². The largest absolute Gasteiger partial charge is 0.342 e. The summed E-state index contributed by atoms with van der Waals surface area (Å²) >= 11 is 0. The molecule has 150 valence electrons. The van der Waals surface area contributed by atoms with E-state index < -0.39 is 0 Å². The lowest BCUT2D eigenvalue weighted by Crippen LogP contribution is -2.42. The highest BCUT2D eigenvalue weighted by atomic mass is 16.2. The fraction of sp³-hybridized carbons (Fsp3) is 0.850. The fourth-order valence-corrected chi connectivity index (χ4v) is 4.94. The molecule has 1 aromatic rings. The Kier molecular flexibility index (Phi) is 6.08. The van der Waals surface area contributed by atoms with E-state index in [0.29, 0.717) is 23.8 Å². The molecule has 0 radical (unpaired) electrons. The lowest BCUT2D eigenvalue weighted by molar-refractivity contribution is -0.138. The van der Waals surface area contributed by atoms with Crippen molar-refractivity contribution in [3.05, 3.63) is 11.9 Å². The number of hydrogen-bond acceptors (Lipinski definition) is 5. The van der Waals surface area contributed by atoms with Crippen LogP contribution in [0.15, 0.2) is 6.20 Å². The average molecular weight is 375 g/mol. The molecule has 1 atom stereocenters. The van der Waals surface area contributed by atoms with E-state index in [1.807, 2.05) is 4.68 Å². The van der Waals surface area contributed by atoms with E-state index >= 15 is 0 Å². The first-order chi connectivity index (χ1) is 13.2. The normalized spacial score (nSPS) is 26.0. The minimum Gasteiger partial charge on any atom is -0.342 e. The van der Waals surface area contributed by atoms with Gasteiger partial charge in [-0.15, -0.1) is 5.10 Å². The van der Waals surface area contributed by atoms with Crippen molar-refractivity contribution < 1.29 is 4.79 Å². The number of nitrogens with two attached hydrogens (primary N) is 1. The Labute approximate surface area is 162 Å². The molecule has 0 spiro atoms. The number of amides is 1. The van der Waals surface area contributed by atoms with Gasteiger partial charge in [0.2, 0.25) is 5.91 Å². The highest BCUT2D eigenvalue weighted by molar-refractivity contribution is 5.79. The second kappa shape index (κ2) is 8.69. The Morgan fingerprint density at radius 3 is 2.56 bits per heavy atom. The summed E-state index contributed by atoms with van der Waals surface area (Å²) in [7, 11) is 0. The van der Waals surface area contributed by atoms with Crippen LogP contribution in [0.5, 0.6) is 0 Å². The van der Waals surface area contributed by atoms with Gasteiger partial charge in [0.25, 0.3) is 0 Å². The molecule has 27 heavy (non-hydrogen) atoms. The Morgan fingerprint density at radius 1 is 1.07 bits per heavy atom. The molecule has 3 heterocycles. The third kappa shape index (κ3) is 4.88. The van der Waals surface area contributed by atoms with Gasteiger partial charge in [0.1, 0.15) is 0 Å². The standard InChI is InChI=1S/C20H34N6O/c21-18-8-9-24(13-18)14-19-15-26(23-22-19)12-16-6-10-25(11-7-16)20(27)17-4-2-1-3-5-17/h15-18H,1-14,21H2/t18-/m1/s1. The minimum absolute atomic E-state index is 0.298. The second-order valence-corrected chi connectivity index (χ2v) is 8.82. The third-order valence-corrected chi connectivity index (χ3v) is 6.61. The van der Waals surface area contributed by atoms with Crippen LogP contribution in [0.25, 0.3) is 0 Å². The maximum atomic E-state index is 12.7. The molecule has 2 N–H and O–H groups in total. The van der Waals surface area contributed by atoms with E-state index in [0.717, 1.165) is 77.1 Å². The van der Waals surface area contributed by atoms with Crippen LogP contribution in [-0.4, -0.2) is 62.9 Å². The zero-order valence-corrected chi connectivity index (χ0v) is 16.4. The summed E-state index contributed by atoms with van der Waals surface area (Å²) in [6, 6.07) is 0.307. The molecule has 0 aromatic carbocycles. The summed E-state index contributed by atoms with van der Waals surface area (Å²) in [6.45, 7) is 5.60. The van der Waals surface area contributed by atoms with E-state index in [1.54, 1.807) is 0 Å². The maximum absolute atomic E-state index is 12.7. The van der Waals surface area contributed by atoms with Crippen LogP contribution in [0, 0.1) is 11.8 Å². The molecule has 1 aromatic heterocycles. The molecule has 1 amide bonds. The molecule has 7 heteroatoms. The van der Waals surface area contributed by atoms with Crippen LogP contribution in [0.3, 0.4) is 0 Å².